The number of nitrogens with two attached hydrogens (primary N) is 1. The zero-order valence-electron chi connectivity index (χ0n) is 20.8. The number of ketones is 2. The molecule has 0 spiro atoms. The van der Waals surface area contributed by atoms with Crippen LogP contribution in [0.25, 0.3) is 12.2 Å². The SMILES string of the molecule is CN(C)[C@@H]1C(O)=C(C(N)=O)C(=O)[C@@]2(O)C(O)=C3C(=O)c4c(O)ccc(/C=C/c5ccncc5)c4C[C@H]3C[C@@H]12. The van der Waals surface area contributed by atoms with Crippen molar-refractivity contribution in [1.82, 2.24) is 9.88 Å². The van der Waals surface area contributed by atoms with Crippen molar-refractivity contribution in [1.29, 1.82) is 0 Å². The molecule has 1 amide bonds. The van der Waals surface area contributed by atoms with Gasteiger partial charge in [-0.2, -0.15) is 0 Å². The van der Waals surface area contributed by atoms with E-state index in [1.807, 2.05) is 24.3 Å². The maximum absolute atomic E-state index is 13.7. The maximum atomic E-state index is 13.7. The van der Waals surface area contributed by atoms with Crippen molar-refractivity contribution < 1.29 is 34.8 Å². The highest BCUT2D eigenvalue weighted by atomic mass is 16.3. The van der Waals surface area contributed by atoms with E-state index in [9.17, 15) is 34.8 Å². The number of benzene rings is 1. The van der Waals surface area contributed by atoms with Crippen LogP contribution in [0.4, 0.5) is 0 Å². The first-order valence-electron chi connectivity index (χ1n) is 12.1. The molecule has 0 unspecified atom stereocenters. The number of primary amides is 1. The van der Waals surface area contributed by atoms with Crippen LogP contribution >= 0.6 is 0 Å². The molecule has 0 saturated carbocycles. The third-order valence-corrected chi connectivity index (χ3v) is 7.80. The molecule has 5 rings (SSSR count). The second kappa shape index (κ2) is 8.93. The lowest BCUT2D eigenvalue weighted by molar-refractivity contribution is -0.148. The van der Waals surface area contributed by atoms with Gasteiger partial charge in [0.1, 0.15) is 22.8 Å². The number of likely N-dealkylation sites (N-methyl/N-ethyl adjacent to an activating group) is 1. The van der Waals surface area contributed by atoms with E-state index in [4.69, 9.17) is 5.73 Å². The van der Waals surface area contributed by atoms with E-state index in [1.165, 1.54) is 11.0 Å². The molecule has 38 heavy (non-hydrogen) atoms. The largest absolute Gasteiger partial charge is 0.510 e. The lowest BCUT2D eigenvalue weighted by Gasteiger charge is -2.50. The predicted octanol–water partition coefficient (Wildman–Crippen LogP) is 1.69. The Morgan fingerprint density at radius 3 is 2.42 bits per heavy atom. The van der Waals surface area contributed by atoms with E-state index in [1.54, 1.807) is 32.6 Å². The molecule has 3 aliphatic rings. The van der Waals surface area contributed by atoms with Gasteiger partial charge in [-0.1, -0.05) is 18.2 Å². The number of rotatable bonds is 4. The third kappa shape index (κ3) is 3.56. The molecule has 0 saturated heterocycles. The Hall–Kier alpha value is -4.28. The number of aliphatic hydroxyl groups excluding tert-OH is 2. The van der Waals surface area contributed by atoms with Crippen molar-refractivity contribution in [2.24, 2.45) is 17.6 Å². The minimum Gasteiger partial charge on any atom is -0.510 e. The van der Waals surface area contributed by atoms with Gasteiger partial charge in [0.05, 0.1) is 11.6 Å². The topological polar surface area (TPSA) is 174 Å². The summed E-state index contributed by atoms with van der Waals surface area (Å²) in [5.74, 6) is -6.70. The summed E-state index contributed by atoms with van der Waals surface area (Å²) in [7, 11) is 3.18. The summed E-state index contributed by atoms with van der Waals surface area (Å²) in [5.41, 5.74) is 3.79. The number of phenols is 1. The predicted molar refractivity (Wildman–Crippen MR) is 137 cm³/mol. The van der Waals surface area contributed by atoms with Crippen molar-refractivity contribution in [2.75, 3.05) is 14.1 Å². The van der Waals surface area contributed by atoms with Crippen molar-refractivity contribution in [3.8, 4) is 5.75 Å². The third-order valence-electron chi connectivity index (χ3n) is 7.80. The molecule has 3 aliphatic carbocycles. The molecule has 10 heteroatoms. The van der Waals surface area contributed by atoms with Crippen LogP contribution in [-0.4, -0.2) is 73.5 Å². The van der Waals surface area contributed by atoms with Gasteiger partial charge < -0.3 is 26.2 Å². The monoisotopic (exact) mass is 517 g/mol. The fourth-order valence-electron chi connectivity index (χ4n) is 6.09. The average Bonchev–Trinajstić information content (AvgIpc) is 2.86. The second-order valence-electron chi connectivity index (χ2n) is 10.1. The number of amides is 1. The van der Waals surface area contributed by atoms with Gasteiger partial charge in [0.15, 0.2) is 11.4 Å². The molecule has 1 aromatic heterocycles. The number of carbonyl (C=O) groups is 3. The average molecular weight is 518 g/mol. The van der Waals surface area contributed by atoms with Gasteiger partial charge in [-0.05, 0) is 67.7 Å². The normalized spacial score (nSPS) is 27.0. The maximum Gasteiger partial charge on any atom is 0.255 e. The molecule has 1 heterocycles. The molecule has 2 aromatic rings. The molecular weight excluding hydrogens is 490 g/mol. The molecule has 10 nitrogen and oxygen atoms in total. The van der Waals surface area contributed by atoms with Gasteiger partial charge in [-0.25, -0.2) is 0 Å². The Morgan fingerprint density at radius 1 is 1.11 bits per heavy atom. The van der Waals surface area contributed by atoms with Gasteiger partial charge in [-0.3, -0.25) is 24.3 Å². The summed E-state index contributed by atoms with van der Waals surface area (Å²) in [6.45, 7) is 0. The van der Waals surface area contributed by atoms with E-state index in [2.05, 4.69) is 4.98 Å². The summed E-state index contributed by atoms with van der Waals surface area (Å²) < 4.78 is 0. The van der Waals surface area contributed by atoms with Crippen LogP contribution in [0.3, 0.4) is 0 Å². The Kier molecular flexibility index (Phi) is 5.96. The molecule has 6 N–H and O–H groups in total. The van der Waals surface area contributed by atoms with Crippen LogP contribution in [-0.2, 0) is 16.0 Å². The molecule has 0 bridgehead atoms. The lowest BCUT2D eigenvalue weighted by Crippen LogP contribution is -2.63. The van der Waals surface area contributed by atoms with Crippen molar-refractivity contribution in [3.63, 3.8) is 0 Å². The Morgan fingerprint density at radius 2 is 1.79 bits per heavy atom. The number of fused-ring (bicyclic) bond motifs is 3. The van der Waals surface area contributed by atoms with Gasteiger partial charge in [0.2, 0.25) is 5.78 Å². The number of phenolic OH excluding ortho intramolecular Hbond substituents is 1. The number of carbonyl (C=O) groups excluding carboxylic acids is 3. The number of hydrogen-bond acceptors (Lipinski definition) is 9. The quantitative estimate of drug-likeness (QED) is 0.378. The van der Waals surface area contributed by atoms with Crippen LogP contribution in [0, 0.1) is 11.8 Å². The summed E-state index contributed by atoms with van der Waals surface area (Å²) in [4.78, 5) is 44.6. The lowest BCUT2D eigenvalue weighted by atomic mass is 9.58. The molecule has 4 atom stereocenters. The summed E-state index contributed by atoms with van der Waals surface area (Å²) in [6, 6.07) is 5.67. The fourth-order valence-corrected chi connectivity index (χ4v) is 6.09. The number of aliphatic hydroxyl groups is 3. The zero-order valence-corrected chi connectivity index (χ0v) is 20.8. The number of Topliss-reactive ketones (excluding diaryl/α,β-unsaturated/α-hetero) is 2. The summed E-state index contributed by atoms with van der Waals surface area (Å²) in [6.07, 6.45) is 7.22. The highest BCUT2D eigenvalue weighted by Gasteiger charge is 2.63. The summed E-state index contributed by atoms with van der Waals surface area (Å²) >= 11 is 0. The minimum absolute atomic E-state index is 0.0253. The number of pyridine rings is 1. The fraction of sp³-hybridized carbons (Fsp3) is 0.286. The number of allylic oxidation sites excluding steroid dienone is 1. The van der Waals surface area contributed by atoms with E-state index in [0.29, 0.717) is 11.1 Å². The zero-order chi connectivity index (χ0) is 27.5. The Labute approximate surface area is 218 Å². The van der Waals surface area contributed by atoms with Crippen LogP contribution < -0.4 is 5.73 Å². The first-order valence-corrected chi connectivity index (χ1v) is 12.1. The van der Waals surface area contributed by atoms with Gasteiger partial charge in [-0.15, -0.1) is 0 Å². The molecule has 0 radical (unpaired) electrons. The highest BCUT2D eigenvalue weighted by molar-refractivity contribution is 6.24. The van der Waals surface area contributed by atoms with E-state index < -0.39 is 58.0 Å². The van der Waals surface area contributed by atoms with Gasteiger partial charge >= 0.3 is 0 Å². The molecule has 0 fully saturated rings. The van der Waals surface area contributed by atoms with Crippen LogP contribution in [0.15, 0.2) is 59.3 Å². The van der Waals surface area contributed by atoms with Gasteiger partial charge in [0, 0.05) is 23.9 Å². The van der Waals surface area contributed by atoms with E-state index in [-0.39, 0.29) is 29.7 Å². The van der Waals surface area contributed by atoms with Crippen molar-refractivity contribution in [2.45, 2.75) is 24.5 Å². The standard InChI is InChI=1S/C28H27N3O7/c1-31(2)22-17-12-15-11-16-14(4-3-13-7-9-30-10-8-13)5-6-18(32)20(16)23(33)19(15)25(35)28(17,38)26(36)21(24(22)34)27(29)37/h3-10,15,17,22,32,34-35,38H,11-12H2,1-2H3,(H2,29,37)/b4-3+/t15-,17-,22-,28-/m0/s1. The van der Waals surface area contributed by atoms with Crippen LogP contribution in [0.2, 0.25) is 0 Å². The van der Waals surface area contributed by atoms with E-state index in [0.717, 1.165) is 5.56 Å². The first kappa shape index (κ1) is 25.4. The first-order chi connectivity index (χ1) is 18.0. The Bertz CT molecular complexity index is 1470. The Balaban J connectivity index is 1.66. The van der Waals surface area contributed by atoms with E-state index >= 15 is 0 Å². The van der Waals surface area contributed by atoms with Crippen molar-refractivity contribution in [3.05, 3.63) is 81.6 Å². The number of aromatic nitrogens is 1. The smallest absolute Gasteiger partial charge is 0.255 e. The van der Waals surface area contributed by atoms with Crippen LogP contribution in [0.5, 0.6) is 5.75 Å². The molecule has 1 aromatic carbocycles. The molecule has 0 aliphatic heterocycles. The van der Waals surface area contributed by atoms with Gasteiger partial charge in [0.25, 0.3) is 5.91 Å². The second-order valence-corrected chi connectivity index (χ2v) is 10.1. The van der Waals surface area contributed by atoms with Crippen molar-refractivity contribution >= 4 is 29.6 Å². The number of aromatic hydroxyl groups is 1. The minimum atomic E-state index is -2.65. The number of nitrogens with zero attached hydrogens (tertiary/aromatic N) is 2. The summed E-state index contributed by atoms with van der Waals surface area (Å²) in [5, 5.41) is 44.5. The molecular formula is C28H27N3O7. The number of hydrogen-bond donors (Lipinski definition) is 5. The molecule has 196 valence electrons. The van der Waals surface area contributed by atoms with Crippen LogP contribution in [0.1, 0.15) is 33.5 Å². The highest BCUT2D eigenvalue weighted by Crippen LogP contribution is 2.52.